The lowest BCUT2D eigenvalue weighted by atomic mass is 10.3. The van der Waals surface area contributed by atoms with Crippen LogP contribution in [0.25, 0.3) is 0 Å². The molecule has 1 aromatic carbocycles. The second-order valence-corrected chi connectivity index (χ2v) is 7.88. The lowest BCUT2D eigenvalue weighted by Crippen LogP contribution is -2.13. The van der Waals surface area contributed by atoms with E-state index in [-0.39, 0.29) is 19.2 Å². The number of anilines is 1. The van der Waals surface area contributed by atoms with Gasteiger partial charge in [0, 0.05) is 0 Å². The maximum absolute atomic E-state index is 12.3. The van der Waals surface area contributed by atoms with E-state index < -0.39 is 16.0 Å². The number of nitrogens with one attached hydrogen (secondary N) is 1. The average Bonchev–Trinajstić information content (AvgIpc) is 2.82. The van der Waals surface area contributed by atoms with Crippen molar-refractivity contribution < 1.29 is 23.1 Å². The maximum atomic E-state index is 12.3. The number of ether oxygens (including phenoxy) is 1. The number of methoxy groups -OCH3 is 1. The number of para-hydroxylation sites is 2. The highest BCUT2D eigenvalue weighted by Gasteiger charge is 2.24. The Morgan fingerprint density at radius 1 is 1.38 bits per heavy atom. The first-order chi connectivity index (χ1) is 9.85. The van der Waals surface area contributed by atoms with Gasteiger partial charge in [0.05, 0.1) is 16.6 Å². The fraction of sp³-hybridized carbons (Fsp3) is 0.0833. The van der Waals surface area contributed by atoms with Crippen LogP contribution in [0.2, 0.25) is 0 Å². The molecule has 1 aromatic heterocycles. The second-order valence-electron chi connectivity index (χ2n) is 3.86. The molecule has 21 heavy (non-hydrogen) atoms. The molecule has 0 aliphatic carbocycles. The average molecular weight is 392 g/mol. The zero-order valence-electron chi connectivity index (χ0n) is 10.7. The molecule has 9 heteroatoms. The van der Waals surface area contributed by atoms with Crippen molar-refractivity contribution in [2.45, 2.75) is 4.90 Å². The number of carboxylic acids is 1. The highest BCUT2D eigenvalue weighted by Crippen LogP contribution is 2.34. The summed E-state index contributed by atoms with van der Waals surface area (Å²) in [6.07, 6.45) is 0. The van der Waals surface area contributed by atoms with Crippen molar-refractivity contribution >= 4 is 48.9 Å². The van der Waals surface area contributed by atoms with Gasteiger partial charge in [-0.15, -0.1) is 11.3 Å². The molecule has 0 saturated carbocycles. The van der Waals surface area contributed by atoms with E-state index in [1.54, 1.807) is 24.3 Å². The number of thiophene rings is 1. The number of aromatic carboxylic acids is 1. The third-order valence-corrected chi connectivity index (χ3v) is 6.11. The van der Waals surface area contributed by atoms with Crippen molar-refractivity contribution in [2.75, 3.05) is 11.8 Å². The summed E-state index contributed by atoms with van der Waals surface area (Å²) in [4.78, 5) is 10.7. The SMILES string of the molecule is COc1ccccc1NS(=O)(=O)c1cc(C(=O)O)sc1Br. The van der Waals surface area contributed by atoms with Gasteiger partial charge in [-0.1, -0.05) is 12.1 Å². The minimum absolute atomic E-state index is 0.0673. The predicted octanol–water partition coefficient (Wildman–Crippen LogP) is 3.02. The first kappa shape index (κ1) is 15.8. The summed E-state index contributed by atoms with van der Waals surface area (Å²) in [6, 6.07) is 7.64. The number of sulfonamides is 1. The normalized spacial score (nSPS) is 11.1. The van der Waals surface area contributed by atoms with Crippen LogP contribution in [0, 0.1) is 0 Å². The van der Waals surface area contributed by atoms with Crippen LogP contribution in [-0.2, 0) is 10.0 Å². The second kappa shape index (κ2) is 6.04. The first-order valence-electron chi connectivity index (χ1n) is 5.53. The molecule has 0 atom stereocenters. The Morgan fingerprint density at radius 3 is 2.62 bits per heavy atom. The van der Waals surface area contributed by atoms with Gasteiger partial charge in [0.15, 0.2) is 0 Å². The van der Waals surface area contributed by atoms with Crippen molar-refractivity contribution in [1.29, 1.82) is 0 Å². The van der Waals surface area contributed by atoms with Crippen LogP contribution in [0.4, 0.5) is 5.69 Å². The molecule has 0 aliphatic heterocycles. The molecule has 0 radical (unpaired) electrons. The highest BCUT2D eigenvalue weighted by atomic mass is 79.9. The van der Waals surface area contributed by atoms with Crippen LogP contribution in [0.3, 0.4) is 0 Å². The Labute approximate surface area is 133 Å². The van der Waals surface area contributed by atoms with Gasteiger partial charge in [0.2, 0.25) is 0 Å². The van der Waals surface area contributed by atoms with E-state index in [1.807, 2.05) is 0 Å². The first-order valence-corrected chi connectivity index (χ1v) is 8.63. The van der Waals surface area contributed by atoms with E-state index in [2.05, 4.69) is 20.7 Å². The van der Waals surface area contributed by atoms with Crippen LogP contribution >= 0.6 is 27.3 Å². The quantitative estimate of drug-likeness (QED) is 0.816. The van der Waals surface area contributed by atoms with Gasteiger partial charge in [0.1, 0.15) is 15.5 Å². The Hall–Kier alpha value is -1.58. The summed E-state index contributed by atoms with van der Waals surface area (Å²) in [5, 5.41) is 8.91. The molecule has 2 aromatic rings. The summed E-state index contributed by atoms with van der Waals surface area (Å²) < 4.78 is 32.4. The van der Waals surface area contributed by atoms with Gasteiger partial charge >= 0.3 is 5.97 Å². The number of carboxylic acid groups (broad SMARTS) is 1. The van der Waals surface area contributed by atoms with E-state index in [1.165, 1.54) is 7.11 Å². The topological polar surface area (TPSA) is 92.7 Å². The summed E-state index contributed by atoms with van der Waals surface area (Å²) in [5.74, 6) is -0.815. The van der Waals surface area contributed by atoms with Crippen molar-refractivity contribution in [3.63, 3.8) is 0 Å². The molecule has 1 heterocycles. The van der Waals surface area contributed by atoms with Crippen molar-refractivity contribution in [1.82, 2.24) is 0 Å². The molecule has 112 valence electrons. The van der Waals surface area contributed by atoms with E-state index in [9.17, 15) is 13.2 Å². The lowest BCUT2D eigenvalue weighted by Gasteiger charge is -2.10. The van der Waals surface area contributed by atoms with Crippen LogP contribution in [-0.4, -0.2) is 26.6 Å². The van der Waals surface area contributed by atoms with Crippen LogP contribution in [0.15, 0.2) is 39.0 Å². The summed E-state index contributed by atoms with van der Waals surface area (Å²) in [7, 11) is -2.49. The van der Waals surface area contributed by atoms with E-state index >= 15 is 0 Å². The van der Waals surface area contributed by atoms with Crippen molar-refractivity contribution in [2.24, 2.45) is 0 Å². The minimum Gasteiger partial charge on any atom is -0.495 e. The smallest absolute Gasteiger partial charge is 0.345 e. The minimum atomic E-state index is -3.92. The number of rotatable bonds is 5. The van der Waals surface area contributed by atoms with Crippen LogP contribution < -0.4 is 9.46 Å². The molecular weight excluding hydrogens is 382 g/mol. The molecule has 2 N–H and O–H groups in total. The van der Waals surface area contributed by atoms with Crippen LogP contribution in [0.5, 0.6) is 5.75 Å². The van der Waals surface area contributed by atoms with E-state index in [0.29, 0.717) is 5.75 Å². The molecule has 2 rings (SSSR count). The molecule has 0 spiro atoms. The molecule has 0 bridgehead atoms. The van der Waals surface area contributed by atoms with Gasteiger partial charge in [-0.2, -0.15) is 0 Å². The number of carbonyl (C=O) groups is 1. The molecule has 0 aliphatic rings. The molecule has 0 unspecified atom stereocenters. The molecule has 6 nitrogen and oxygen atoms in total. The number of halogens is 1. The van der Waals surface area contributed by atoms with Gasteiger partial charge < -0.3 is 9.84 Å². The number of benzene rings is 1. The van der Waals surface area contributed by atoms with Crippen molar-refractivity contribution in [3.05, 3.63) is 39.0 Å². The van der Waals surface area contributed by atoms with Gasteiger partial charge in [0.25, 0.3) is 10.0 Å². The zero-order chi connectivity index (χ0) is 15.6. The van der Waals surface area contributed by atoms with E-state index in [4.69, 9.17) is 9.84 Å². The Balaban J connectivity index is 2.41. The summed E-state index contributed by atoms with van der Waals surface area (Å²) >= 11 is 3.91. The Morgan fingerprint density at radius 2 is 2.05 bits per heavy atom. The highest BCUT2D eigenvalue weighted by molar-refractivity contribution is 9.11. The molecule has 0 amide bonds. The molecule has 0 fully saturated rings. The van der Waals surface area contributed by atoms with Crippen molar-refractivity contribution in [3.8, 4) is 5.75 Å². The zero-order valence-corrected chi connectivity index (χ0v) is 13.9. The maximum Gasteiger partial charge on any atom is 0.345 e. The largest absolute Gasteiger partial charge is 0.495 e. The van der Waals surface area contributed by atoms with Gasteiger partial charge in [-0.25, -0.2) is 13.2 Å². The Kier molecular flexibility index (Phi) is 4.55. The molecule has 0 saturated heterocycles. The van der Waals surface area contributed by atoms with Gasteiger partial charge in [-0.3, -0.25) is 4.72 Å². The third kappa shape index (κ3) is 3.36. The summed E-state index contributed by atoms with van der Waals surface area (Å²) in [5.41, 5.74) is 0.273. The summed E-state index contributed by atoms with van der Waals surface area (Å²) in [6.45, 7) is 0. The lowest BCUT2D eigenvalue weighted by molar-refractivity contribution is 0.0702. The van der Waals surface area contributed by atoms with Crippen LogP contribution in [0.1, 0.15) is 9.67 Å². The monoisotopic (exact) mass is 391 g/mol. The predicted molar refractivity (Wildman–Crippen MR) is 82.8 cm³/mol. The standard InChI is InChI=1S/C12H10BrNO5S2/c1-19-8-5-3-2-4-7(8)14-21(17,18)10-6-9(12(15)16)20-11(10)13/h2-6,14H,1H3,(H,15,16). The fourth-order valence-electron chi connectivity index (χ4n) is 1.57. The van der Waals surface area contributed by atoms with E-state index in [0.717, 1.165) is 17.4 Å². The molecular formula is C12H10BrNO5S2. The third-order valence-electron chi connectivity index (χ3n) is 2.51. The fourth-order valence-corrected chi connectivity index (χ4v) is 5.04. The Bertz CT molecular complexity index is 785. The number of hydrogen-bond acceptors (Lipinski definition) is 5. The van der Waals surface area contributed by atoms with Gasteiger partial charge in [-0.05, 0) is 34.1 Å². The number of hydrogen-bond donors (Lipinski definition) is 2.